The Balaban J connectivity index is 2.15. The maximum atomic E-state index is 11.9. The molecule has 0 saturated carbocycles. The van der Waals surface area contributed by atoms with E-state index in [1.807, 2.05) is 0 Å². The number of hydrogen-bond acceptors (Lipinski definition) is 13. The second kappa shape index (κ2) is 9.03. The summed E-state index contributed by atoms with van der Waals surface area (Å²) in [6.45, 7) is -0.482. The first-order valence-corrected chi connectivity index (χ1v) is 9.14. The molecule has 2 aromatic rings. The highest BCUT2D eigenvalue weighted by atomic mass is 32.2. The highest BCUT2D eigenvalue weighted by Gasteiger charge is 2.34. The molecule has 26 heavy (non-hydrogen) atoms. The molecule has 0 fully saturated rings. The van der Waals surface area contributed by atoms with Crippen molar-refractivity contribution in [2.24, 2.45) is 0 Å². The number of nitrogens with two attached hydrogens (primary N) is 1. The van der Waals surface area contributed by atoms with Crippen molar-refractivity contribution in [1.29, 1.82) is 0 Å². The van der Waals surface area contributed by atoms with Crippen LogP contribution >= 0.6 is 20.1 Å². The fourth-order valence-electron chi connectivity index (χ4n) is 2.04. The Morgan fingerprint density at radius 2 is 2.08 bits per heavy atom. The van der Waals surface area contributed by atoms with Gasteiger partial charge in [-0.2, -0.15) is 3.97 Å². The molecule has 0 bridgehead atoms. The molecule has 0 amide bonds. The quantitative estimate of drug-likeness (QED) is 0.307. The molecule has 0 radical (unpaired) electrons. The number of hydrogen-bond donors (Lipinski definition) is 4. The van der Waals surface area contributed by atoms with Crippen molar-refractivity contribution in [3.8, 4) is 0 Å². The summed E-state index contributed by atoms with van der Waals surface area (Å²) in [7, 11) is -1.77. The average molecular weight is 411 g/mol. The van der Waals surface area contributed by atoms with Gasteiger partial charge in [-0.15, -0.1) is 0 Å². The van der Waals surface area contributed by atoms with Crippen LogP contribution in [0.15, 0.2) is 12.7 Å². The van der Waals surface area contributed by atoms with Gasteiger partial charge in [-0.1, -0.05) is 0 Å². The Bertz CT molecular complexity index is 778. The third-order valence-electron chi connectivity index (χ3n) is 3.41. The van der Waals surface area contributed by atoms with Gasteiger partial charge in [-0.05, 0) is 0 Å². The van der Waals surface area contributed by atoms with Crippen LogP contribution in [-0.2, 0) is 22.3 Å². The third-order valence-corrected chi connectivity index (χ3v) is 5.32. The summed E-state index contributed by atoms with van der Waals surface area (Å²) in [5, 5.41) is 20.8. The molecule has 4 atom stereocenters. The lowest BCUT2D eigenvalue weighted by molar-refractivity contribution is -0.114. The Kier molecular flexibility index (Phi) is 7.28. The van der Waals surface area contributed by atoms with Gasteiger partial charge in [0.05, 0.1) is 12.9 Å². The van der Waals surface area contributed by atoms with Crippen molar-refractivity contribution in [2.75, 3.05) is 26.6 Å². The van der Waals surface area contributed by atoms with Crippen molar-refractivity contribution < 1.29 is 37.1 Å². The standard InChI is InChI=1S/C11H18N5O8PS/c1-21-6(3-23-25(19,22-2)24-26-20)8(17)11(18)16-5-15-7-9(12)13-4-14-10(7)16/h4-6,8,11,17-18,20H,3H2,1-2H3,(H2,12,13,14). The molecule has 2 heterocycles. The number of anilines is 1. The monoisotopic (exact) mass is 411 g/mol. The molecular weight excluding hydrogens is 393 g/mol. The number of aromatic nitrogens is 4. The minimum atomic E-state index is -4.06. The maximum absolute atomic E-state index is 11.9. The number of nitrogens with zero attached hydrogens (tertiary/aromatic N) is 4. The number of imidazole rings is 1. The Morgan fingerprint density at radius 3 is 2.69 bits per heavy atom. The van der Waals surface area contributed by atoms with Crippen LogP contribution in [0.1, 0.15) is 6.23 Å². The van der Waals surface area contributed by atoms with Crippen LogP contribution in [0.25, 0.3) is 11.2 Å². The Morgan fingerprint density at radius 1 is 1.35 bits per heavy atom. The minimum absolute atomic E-state index is 0.113. The Hall–Kier alpha value is -1.35. The van der Waals surface area contributed by atoms with E-state index in [4.69, 9.17) is 19.5 Å². The summed E-state index contributed by atoms with van der Waals surface area (Å²) in [5.41, 5.74) is 6.12. The maximum Gasteiger partial charge on any atom is 0.487 e. The zero-order valence-corrected chi connectivity index (χ0v) is 15.4. The molecule has 4 unspecified atom stereocenters. The summed E-state index contributed by atoms with van der Waals surface area (Å²) in [4.78, 5) is 11.7. The van der Waals surface area contributed by atoms with E-state index in [0.717, 1.165) is 7.11 Å². The van der Waals surface area contributed by atoms with Crippen molar-refractivity contribution >= 4 is 37.1 Å². The lowest BCUT2D eigenvalue weighted by Gasteiger charge is -2.27. The zero-order valence-electron chi connectivity index (χ0n) is 13.7. The lowest BCUT2D eigenvalue weighted by atomic mass is 10.2. The predicted molar refractivity (Wildman–Crippen MR) is 89.7 cm³/mol. The van der Waals surface area contributed by atoms with Gasteiger partial charge < -0.3 is 25.2 Å². The van der Waals surface area contributed by atoms with Crippen LogP contribution in [0.2, 0.25) is 0 Å². The summed E-state index contributed by atoms with van der Waals surface area (Å²) in [6.07, 6.45) is -1.82. The number of methoxy groups -OCH3 is 1. The van der Waals surface area contributed by atoms with Crippen LogP contribution in [0.5, 0.6) is 0 Å². The van der Waals surface area contributed by atoms with Crippen molar-refractivity contribution in [1.82, 2.24) is 19.5 Å². The number of aliphatic hydroxyl groups is 2. The molecule has 15 heteroatoms. The molecule has 5 N–H and O–H groups in total. The summed E-state index contributed by atoms with van der Waals surface area (Å²) >= 11 is -0.196. The Labute approximate surface area is 152 Å². The number of rotatable bonds is 10. The fraction of sp³-hybridized carbons (Fsp3) is 0.545. The largest absolute Gasteiger partial charge is 0.487 e. The minimum Gasteiger partial charge on any atom is -0.386 e. The molecular formula is C11H18N5O8PS. The molecule has 13 nitrogen and oxygen atoms in total. The highest BCUT2D eigenvalue weighted by molar-refractivity contribution is 7.92. The third kappa shape index (κ3) is 4.49. The SMILES string of the molecule is COC(COP(=O)(OC)OSO)C(O)C(O)n1cnc2c(N)ncnc21. The van der Waals surface area contributed by atoms with Gasteiger partial charge in [0.2, 0.25) is 0 Å². The van der Waals surface area contributed by atoms with Crippen molar-refractivity contribution in [3.63, 3.8) is 0 Å². The van der Waals surface area contributed by atoms with E-state index >= 15 is 0 Å². The van der Waals surface area contributed by atoms with E-state index in [1.54, 1.807) is 0 Å². The van der Waals surface area contributed by atoms with Gasteiger partial charge in [0.1, 0.15) is 24.1 Å². The van der Waals surface area contributed by atoms with E-state index in [1.165, 1.54) is 24.3 Å². The highest BCUT2D eigenvalue weighted by Crippen LogP contribution is 2.51. The van der Waals surface area contributed by atoms with E-state index in [-0.39, 0.29) is 29.3 Å². The van der Waals surface area contributed by atoms with Gasteiger partial charge in [0.25, 0.3) is 0 Å². The zero-order chi connectivity index (χ0) is 19.3. The van der Waals surface area contributed by atoms with Crippen LogP contribution in [0.4, 0.5) is 5.82 Å². The second-order valence-electron chi connectivity index (χ2n) is 4.84. The molecule has 0 aliphatic carbocycles. The smallest absolute Gasteiger partial charge is 0.386 e. The first-order chi connectivity index (χ1) is 12.4. The number of aliphatic hydroxyl groups excluding tert-OH is 2. The molecule has 0 aliphatic heterocycles. The molecule has 146 valence electrons. The summed E-state index contributed by atoms with van der Waals surface area (Å²) in [6, 6.07) is 0. The van der Waals surface area contributed by atoms with Crippen LogP contribution < -0.4 is 5.73 Å². The first-order valence-electron chi connectivity index (χ1n) is 6.99. The fourth-order valence-corrected chi connectivity index (χ4v) is 3.21. The molecule has 2 rings (SSSR count). The van der Waals surface area contributed by atoms with E-state index in [2.05, 4.69) is 23.4 Å². The van der Waals surface area contributed by atoms with Crippen LogP contribution in [0, 0.1) is 0 Å². The van der Waals surface area contributed by atoms with Crippen molar-refractivity contribution in [2.45, 2.75) is 18.4 Å². The normalized spacial score (nSPS) is 17.7. The first kappa shape index (κ1) is 21.0. The van der Waals surface area contributed by atoms with E-state index in [0.29, 0.717) is 0 Å². The topological polar surface area (TPSA) is 184 Å². The van der Waals surface area contributed by atoms with Gasteiger partial charge in [0, 0.05) is 14.2 Å². The predicted octanol–water partition coefficient (Wildman–Crippen LogP) is 0.184. The number of nitrogen functional groups attached to an aromatic ring is 1. The van der Waals surface area contributed by atoms with Gasteiger partial charge >= 0.3 is 7.82 Å². The number of fused-ring (bicyclic) bond motifs is 1. The summed E-state index contributed by atoms with van der Waals surface area (Å²) < 4.78 is 40.6. The molecule has 0 aliphatic rings. The molecule has 0 aromatic carbocycles. The van der Waals surface area contributed by atoms with Gasteiger partial charge in [0.15, 0.2) is 30.0 Å². The molecule has 0 saturated heterocycles. The van der Waals surface area contributed by atoms with Crippen molar-refractivity contribution in [3.05, 3.63) is 12.7 Å². The van der Waals surface area contributed by atoms with E-state index in [9.17, 15) is 14.8 Å². The number of ether oxygens (including phenoxy) is 1. The lowest BCUT2D eigenvalue weighted by Crippen LogP contribution is -2.39. The number of phosphoric acid groups is 1. The van der Waals surface area contributed by atoms with Crippen LogP contribution in [-0.4, -0.2) is 67.3 Å². The average Bonchev–Trinajstić information content (AvgIpc) is 3.07. The molecule has 2 aromatic heterocycles. The second-order valence-corrected chi connectivity index (χ2v) is 7.10. The van der Waals surface area contributed by atoms with Crippen LogP contribution in [0.3, 0.4) is 0 Å². The molecule has 0 spiro atoms. The van der Waals surface area contributed by atoms with Gasteiger partial charge in [-0.3, -0.25) is 13.6 Å². The van der Waals surface area contributed by atoms with E-state index < -0.39 is 32.9 Å². The number of phosphoric ester groups is 1. The van der Waals surface area contributed by atoms with Gasteiger partial charge in [-0.25, -0.2) is 19.5 Å². The summed E-state index contributed by atoms with van der Waals surface area (Å²) in [5.74, 6) is 0.113.